The minimum Gasteiger partial charge on any atom is -0.481 e. The Morgan fingerprint density at radius 1 is 1.40 bits per heavy atom. The molecule has 0 fully saturated rings. The summed E-state index contributed by atoms with van der Waals surface area (Å²) in [7, 11) is -4.82. The summed E-state index contributed by atoms with van der Waals surface area (Å²) in [5, 5.41) is 15.7. The Bertz CT molecular complexity index is 270. The third-order valence-electron chi connectivity index (χ3n) is 2.10. The average molecular weight is 240 g/mol. The number of aliphatic hydroxyl groups is 1. The largest absolute Gasteiger partial charge is 0.481 e. The first kappa shape index (κ1) is 14.6. The van der Waals surface area contributed by atoms with Gasteiger partial charge in [0.2, 0.25) is 0 Å². The standard InChI is InChI=1S/C8H17O6P/c1-6(2)3-4-8(11,5-7(9)10)15(12,13)14/h6,11H,3-5H2,1-2H3,(H,9,10)(H2,12,13,14). The highest BCUT2D eigenvalue weighted by atomic mass is 31.2. The number of rotatable bonds is 6. The van der Waals surface area contributed by atoms with Crippen LogP contribution in [-0.2, 0) is 9.36 Å². The lowest BCUT2D eigenvalue weighted by molar-refractivity contribution is -0.140. The van der Waals surface area contributed by atoms with Crippen LogP contribution in [0.5, 0.6) is 0 Å². The molecule has 1 atom stereocenters. The van der Waals surface area contributed by atoms with Crippen LogP contribution in [-0.4, -0.2) is 31.3 Å². The summed E-state index contributed by atoms with van der Waals surface area (Å²) in [4.78, 5) is 28.2. The Balaban J connectivity index is 4.71. The molecule has 0 aliphatic carbocycles. The van der Waals surface area contributed by atoms with E-state index in [1.807, 2.05) is 13.8 Å². The summed E-state index contributed by atoms with van der Waals surface area (Å²) in [6.07, 6.45) is -0.805. The third-order valence-corrected chi connectivity index (χ3v) is 3.56. The smallest absolute Gasteiger partial charge is 0.357 e. The van der Waals surface area contributed by atoms with Crippen LogP contribution in [0.3, 0.4) is 0 Å². The second-order valence-electron chi connectivity index (χ2n) is 4.03. The number of hydrogen-bond acceptors (Lipinski definition) is 3. The fourth-order valence-electron chi connectivity index (χ4n) is 1.10. The fourth-order valence-corrected chi connectivity index (χ4v) is 1.86. The van der Waals surface area contributed by atoms with E-state index < -0.39 is 25.3 Å². The maximum atomic E-state index is 11.0. The third kappa shape index (κ3) is 4.75. The van der Waals surface area contributed by atoms with Crippen molar-refractivity contribution < 1.29 is 29.4 Å². The van der Waals surface area contributed by atoms with Crippen LogP contribution >= 0.6 is 7.60 Å². The van der Waals surface area contributed by atoms with Gasteiger partial charge in [-0.3, -0.25) is 9.36 Å². The normalized spacial score (nSPS) is 16.4. The molecule has 0 aromatic heterocycles. The van der Waals surface area contributed by atoms with E-state index in [0.717, 1.165) is 0 Å². The van der Waals surface area contributed by atoms with Gasteiger partial charge in [0.05, 0.1) is 6.42 Å². The van der Waals surface area contributed by atoms with Crippen molar-refractivity contribution >= 4 is 13.6 Å². The number of carbonyl (C=O) groups is 1. The van der Waals surface area contributed by atoms with E-state index in [2.05, 4.69) is 0 Å². The van der Waals surface area contributed by atoms with Crippen LogP contribution in [0.2, 0.25) is 0 Å². The van der Waals surface area contributed by atoms with Crippen molar-refractivity contribution in [2.75, 3.05) is 0 Å². The number of carboxylic acid groups (broad SMARTS) is 1. The summed E-state index contributed by atoms with van der Waals surface area (Å²) in [5.41, 5.74) is 0. The maximum Gasteiger partial charge on any atom is 0.357 e. The molecule has 0 rings (SSSR count). The number of aliphatic carboxylic acids is 1. The quantitative estimate of drug-likeness (QED) is 0.509. The van der Waals surface area contributed by atoms with Crippen molar-refractivity contribution in [2.24, 2.45) is 5.92 Å². The Labute approximate surface area is 88.1 Å². The van der Waals surface area contributed by atoms with Gasteiger partial charge in [-0.15, -0.1) is 0 Å². The molecular formula is C8H17O6P. The predicted octanol–water partition coefficient (Wildman–Crippen LogP) is 0.764. The number of hydrogen-bond donors (Lipinski definition) is 4. The predicted molar refractivity (Wildman–Crippen MR) is 53.3 cm³/mol. The van der Waals surface area contributed by atoms with Gasteiger partial charge in [-0.1, -0.05) is 13.8 Å². The van der Waals surface area contributed by atoms with Gasteiger partial charge in [0.15, 0.2) is 5.34 Å². The van der Waals surface area contributed by atoms with E-state index >= 15 is 0 Å². The fraction of sp³-hybridized carbons (Fsp3) is 0.875. The van der Waals surface area contributed by atoms with E-state index in [0.29, 0.717) is 6.42 Å². The van der Waals surface area contributed by atoms with E-state index in [4.69, 9.17) is 14.9 Å². The Morgan fingerprint density at radius 2 is 1.87 bits per heavy atom. The first-order valence-corrected chi connectivity index (χ1v) is 6.19. The lowest BCUT2D eigenvalue weighted by Crippen LogP contribution is -2.32. The summed E-state index contributed by atoms with van der Waals surface area (Å²) in [6.45, 7) is 3.64. The van der Waals surface area contributed by atoms with Gasteiger partial charge in [-0.25, -0.2) is 0 Å². The molecule has 0 radical (unpaired) electrons. The summed E-state index contributed by atoms with van der Waals surface area (Å²) in [6, 6.07) is 0. The highest BCUT2D eigenvalue weighted by molar-refractivity contribution is 7.53. The van der Waals surface area contributed by atoms with Crippen LogP contribution in [0.15, 0.2) is 0 Å². The summed E-state index contributed by atoms with van der Waals surface area (Å²) in [5.74, 6) is -1.29. The second-order valence-corrected chi connectivity index (χ2v) is 5.95. The molecule has 0 bridgehead atoms. The van der Waals surface area contributed by atoms with Crippen molar-refractivity contribution in [3.8, 4) is 0 Å². The van der Waals surface area contributed by atoms with E-state index in [9.17, 15) is 14.5 Å². The highest BCUT2D eigenvalue weighted by Gasteiger charge is 2.46. The molecular weight excluding hydrogens is 223 g/mol. The van der Waals surface area contributed by atoms with Gasteiger partial charge in [0, 0.05) is 0 Å². The SMILES string of the molecule is CC(C)CCC(O)(CC(=O)O)P(=O)(O)O. The lowest BCUT2D eigenvalue weighted by atomic mass is 10.0. The molecule has 90 valence electrons. The van der Waals surface area contributed by atoms with Crippen molar-refractivity contribution in [3.63, 3.8) is 0 Å². The van der Waals surface area contributed by atoms with E-state index in [1.54, 1.807) is 0 Å². The van der Waals surface area contributed by atoms with Gasteiger partial charge < -0.3 is 20.0 Å². The Kier molecular flexibility index (Phi) is 4.93. The lowest BCUT2D eigenvalue weighted by Gasteiger charge is -2.27. The molecule has 0 aliphatic heterocycles. The van der Waals surface area contributed by atoms with Crippen LogP contribution in [0.25, 0.3) is 0 Å². The van der Waals surface area contributed by atoms with E-state index in [-0.39, 0.29) is 12.3 Å². The summed E-state index contributed by atoms with van der Waals surface area (Å²) >= 11 is 0. The van der Waals surface area contributed by atoms with Crippen molar-refractivity contribution in [1.82, 2.24) is 0 Å². The molecule has 0 spiro atoms. The molecule has 0 aromatic carbocycles. The van der Waals surface area contributed by atoms with Crippen molar-refractivity contribution in [2.45, 2.75) is 38.5 Å². The zero-order valence-electron chi connectivity index (χ0n) is 8.75. The van der Waals surface area contributed by atoms with Crippen LogP contribution < -0.4 is 0 Å². The van der Waals surface area contributed by atoms with Gasteiger partial charge in [-0.2, -0.15) is 0 Å². The Hall–Kier alpha value is -0.420. The van der Waals surface area contributed by atoms with Crippen LogP contribution in [0, 0.1) is 5.92 Å². The molecule has 0 saturated carbocycles. The zero-order valence-corrected chi connectivity index (χ0v) is 9.65. The molecule has 15 heavy (non-hydrogen) atoms. The minimum atomic E-state index is -4.82. The molecule has 0 aromatic rings. The average Bonchev–Trinajstić information content (AvgIpc) is 1.97. The molecule has 4 N–H and O–H groups in total. The first-order chi connectivity index (χ1) is 6.58. The van der Waals surface area contributed by atoms with Crippen molar-refractivity contribution in [3.05, 3.63) is 0 Å². The van der Waals surface area contributed by atoms with Gasteiger partial charge in [0.25, 0.3) is 0 Å². The number of carboxylic acids is 1. The zero-order chi connectivity index (χ0) is 12.3. The highest BCUT2D eigenvalue weighted by Crippen LogP contribution is 2.53. The topological polar surface area (TPSA) is 115 Å². The Morgan fingerprint density at radius 3 is 2.13 bits per heavy atom. The molecule has 0 amide bonds. The molecule has 0 heterocycles. The van der Waals surface area contributed by atoms with Gasteiger partial charge in [0.1, 0.15) is 0 Å². The molecule has 0 aliphatic rings. The monoisotopic (exact) mass is 240 g/mol. The molecule has 0 saturated heterocycles. The molecule has 6 nitrogen and oxygen atoms in total. The van der Waals surface area contributed by atoms with Crippen LogP contribution in [0.4, 0.5) is 0 Å². The minimum absolute atomic E-state index is 0.136. The van der Waals surface area contributed by atoms with E-state index in [1.165, 1.54) is 0 Å². The first-order valence-electron chi connectivity index (χ1n) is 4.58. The van der Waals surface area contributed by atoms with Gasteiger partial charge in [-0.05, 0) is 18.8 Å². The second kappa shape index (κ2) is 5.07. The molecule has 1 unspecified atom stereocenters. The summed E-state index contributed by atoms with van der Waals surface area (Å²) < 4.78 is 11.0. The molecule has 7 heteroatoms. The van der Waals surface area contributed by atoms with Crippen LogP contribution in [0.1, 0.15) is 33.1 Å². The maximum absolute atomic E-state index is 11.0. The van der Waals surface area contributed by atoms with Crippen molar-refractivity contribution in [1.29, 1.82) is 0 Å². The van der Waals surface area contributed by atoms with Gasteiger partial charge >= 0.3 is 13.6 Å².